The Morgan fingerprint density at radius 3 is 3.00 bits per heavy atom. The number of aryl methyl sites for hydroxylation is 1. The van der Waals surface area contributed by atoms with Crippen LogP contribution >= 0.6 is 0 Å². The summed E-state index contributed by atoms with van der Waals surface area (Å²) < 4.78 is 0. The number of aromatic nitrogens is 2. The number of nitrogens with one attached hydrogen (secondary N) is 2. The van der Waals surface area contributed by atoms with Crippen molar-refractivity contribution < 1.29 is 0 Å². The summed E-state index contributed by atoms with van der Waals surface area (Å²) in [6, 6.07) is 5.58. The van der Waals surface area contributed by atoms with Crippen molar-refractivity contribution in [1.82, 2.24) is 9.97 Å². The molecule has 0 unspecified atom stereocenters. The van der Waals surface area contributed by atoms with Crippen LogP contribution in [0.2, 0.25) is 0 Å². The molecule has 2 aromatic rings. The Labute approximate surface area is 88.0 Å². The zero-order valence-corrected chi connectivity index (χ0v) is 8.67. The second kappa shape index (κ2) is 3.73. The average Bonchev–Trinajstić information content (AvgIpc) is 2.59. The van der Waals surface area contributed by atoms with Crippen molar-refractivity contribution in [3.8, 4) is 0 Å². The van der Waals surface area contributed by atoms with Crippen molar-refractivity contribution in [1.29, 1.82) is 5.41 Å². The van der Waals surface area contributed by atoms with Gasteiger partial charge in [0.15, 0.2) is 0 Å². The Morgan fingerprint density at radius 2 is 2.33 bits per heavy atom. The molecule has 4 heteroatoms. The molecule has 0 aliphatic rings. The van der Waals surface area contributed by atoms with Gasteiger partial charge in [-0.3, -0.25) is 5.41 Å². The number of nitrogen functional groups attached to an aromatic ring is 1. The van der Waals surface area contributed by atoms with Crippen molar-refractivity contribution >= 4 is 16.9 Å². The summed E-state index contributed by atoms with van der Waals surface area (Å²) in [6.07, 6.45) is 2.02. The highest BCUT2D eigenvalue weighted by Crippen LogP contribution is 2.14. The molecule has 0 aliphatic heterocycles. The van der Waals surface area contributed by atoms with E-state index >= 15 is 0 Å². The molecule has 0 radical (unpaired) electrons. The molecule has 2 rings (SSSR count). The minimum Gasteiger partial charge on any atom is -0.384 e. The molecule has 0 aliphatic carbocycles. The van der Waals surface area contributed by atoms with Crippen LogP contribution in [0.5, 0.6) is 0 Å². The van der Waals surface area contributed by atoms with Gasteiger partial charge in [-0.1, -0.05) is 6.92 Å². The average molecular weight is 202 g/mol. The molecule has 1 aromatic heterocycles. The minimum atomic E-state index is 0.0866. The molecule has 0 saturated heterocycles. The zero-order chi connectivity index (χ0) is 10.8. The maximum Gasteiger partial charge on any atom is 0.122 e. The number of aromatic amines is 1. The number of H-pyrrole nitrogens is 1. The van der Waals surface area contributed by atoms with Crippen LogP contribution in [-0.4, -0.2) is 15.8 Å². The van der Waals surface area contributed by atoms with Gasteiger partial charge in [-0.15, -0.1) is 0 Å². The number of nitrogens with zero attached hydrogens (tertiary/aromatic N) is 1. The lowest BCUT2D eigenvalue weighted by Crippen LogP contribution is -2.10. The van der Waals surface area contributed by atoms with E-state index in [0.717, 1.165) is 35.3 Å². The third-order valence-electron chi connectivity index (χ3n) is 2.33. The van der Waals surface area contributed by atoms with Gasteiger partial charge in [0, 0.05) is 12.0 Å². The molecule has 0 spiro atoms. The lowest BCUT2D eigenvalue weighted by Gasteiger charge is -1.96. The molecule has 1 heterocycles. The number of nitrogens with two attached hydrogens (primary N) is 1. The summed E-state index contributed by atoms with van der Waals surface area (Å²) in [4.78, 5) is 7.66. The number of hydrogen-bond donors (Lipinski definition) is 3. The molecule has 78 valence electrons. The van der Waals surface area contributed by atoms with E-state index in [0.29, 0.717) is 0 Å². The summed E-state index contributed by atoms with van der Waals surface area (Å²) >= 11 is 0. The fourth-order valence-corrected chi connectivity index (χ4v) is 1.59. The summed E-state index contributed by atoms with van der Waals surface area (Å²) in [5, 5.41) is 7.34. The van der Waals surface area contributed by atoms with Gasteiger partial charge in [-0.25, -0.2) is 4.98 Å². The summed E-state index contributed by atoms with van der Waals surface area (Å²) in [6.45, 7) is 2.12. The molecule has 15 heavy (non-hydrogen) atoms. The third kappa shape index (κ3) is 1.83. The van der Waals surface area contributed by atoms with Crippen LogP contribution in [0.1, 0.15) is 24.7 Å². The van der Waals surface area contributed by atoms with Gasteiger partial charge in [0.05, 0.1) is 11.0 Å². The van der Waals surface area contributed by atoms with Gasteiger partial charge in [0.25, 0.3) is 0 Å². The van der Waals surface area contributed by atoms with Crippen LogP contribution in [0.25, 0.3) is 11.0 Å². The van der Waals surface area contributed by atoms with Crippen molar-refractivity contribution in [2.24, 2.45) is 5.73 Å². The molecule has 0 atom stereocenters. The van der Waals surface area contributed by atoms with E-state index in [2.05, 4.69) is 16.9 Å². The fourth-order valence-electron chi connectivity index (χ4n) is 1.59. The van der Waals surface area contributed by atoms with E-state index in [1.54, 1.807) is 0 Å². The fraction of sp³-hybridized carbons (Fsp3) is 0.273. The molecular weight excluding hydrogens is 188 g/mol. The number of benzene rings is 1. The van der Waals surface area contributed by atoms with Crippen LogP contribution in [-0.2, 0) is 6.42 Å². The normalized spacial score (nSPS) is 10.7. The summed E-state index contributed by atoms with van der Waals surface area (Å²) in [5.41, 5.74) is 8.03. The Morgan fingerprint density at radius 1 is 1.53 bits per heavy atom. The molecule has 1 aromatic carbocycles. The zero-order valence-electron chi connectivity index (χ0n) is 8.67. The molecule has 0 amide bonds. The Kier molecular flexibility index (Phi) is 2.41. The first-order valence-corrected chi connectivity index (χ1v) is 5.03. The van der Waals surface area contributed by atoms with E-state index in [4.69, 9.17) is 11.1 Å². The van der Waals surface area contributed by atoms with Gasteiger partial charge < -0.3 is 10.7 Å². The minimum absolute atomic E-state index is 0.0866. The number of imidazole rings is 1. The number of amidine groups is 1. The van der Waals surface area contributed by atoms with Crippen molar-refractivity contribution in [3.05, 3.63) is 29.6 Å². The first-order valence-electron chi connectivity index (χ1n) is 5.03. The lowest BCUT2D eigenvalue weighted by atomic mass is 10.2. The number of hydrogen-bond acceptors (Lipinski definition) is 2. The maximum atomic E-state index is 7.34. The highest BCUT2D eigenvalue weighted by molar-refractivity contribution is 5.97. The van der Waals surface area contributed by atoms with Gasteiger partial charge in [-0.2, -0.15) is 0 Å². The second-order valence-corrected chi connectivity index (χ2v) is 3.58. The van der Waals surface area contributed by atoms with Crippen LogP contribution in [0.3, 0.4) is 0 Å². The van der Waals surface area contributed by atoms with Gasteiger partial charge >= 0.3 is 0 Å². The highest BCUT2D eigenvalue weighted by atomic mass is 14.9. The Balaban J connectivity index is 2.47. The second-order valence-electron chi connectivity index (χ2n) is 3.58. The highest BCUT2D eigenvalue weighted by Gasteiger charge is 2.03. The summed E-state index contributed by atoms with van der Waals surface area (Å²) in [7, 11) is 0. The van der Waals surface area contributed by atoms with E-state index in [-0.39, 0.29) is 5.84 Å². The quantitative estimate of drug-likeness (QED) is 0.524. The van der Waals surface area contributed by atoms with Gasteiger partial charge in [-0.05, 0) is 24.6 Å². The largest absolute Gasteiger partial charge is 0.384 e. The van der Waals surface area contributed by atoms with E-state index < -0.39 is 0 Å². The van der Waals surface area contributed by atoms with E-state index in [1.807, 2.05) is 18.2 Å². The molecular formula is C11H14N4. The molecule has 0 saturated carbocycles. The van der Waals surface area contributed by atoms with Gasteiger partial charge in [0.2, 0.25) is 0 Å². The summed E-state index contributed by atoms with van der Waals surface area (Å²) in [5.74, 6) is 1.08. The predicted molar refractivity (Wildman–Crippen MR) is 61.1 cm³/mol. The number of fused-ring (bicyclic) bond motifs is 1. The van der Waals surface area contributed by atoms with Crippen molar-refractivity contribution in [2.75, 3.05) is 0 Å². The molecule has 4 nitrogen and oxygen atoms in total. The monoisotopic (exact) mass is 202 g/mol. The van der Waals surface area contributed by atoms with Crippen LogP contribution in [0.15, 0.2) is 18.2 Å². The molecule has 0 fully saturated rings. The number of rotatable bonds is 3. The van der Waals surface area contributed by atoms with Crippen molar-refractivity contribution in [3.63, 3.8) is 0 Å². The third-order valence-corrected chi connectivity index (χ3v) is 2.33. The molecule has 0 bridgehead atoms. The van der Waals surface area contributed by atoms with Crippen LogP contribution in [0, 0.1) is 5.41 Å². The smallest absolute Gasteiger partial charge is 0.122 e. The maximum absolute atomic E-state index is 7.34. The SMILES string of the molecule is CCCc1nc2ccc(C(=N)N)cc2[nH]1. The molecule has 4 N–H and O–H groups in total. The lowest BCUT2D eigenvalue weighted by molar-refractivity contribution is 0.861. The van der Waals surface area contributed by atoms with Crippen LogP contribution < -0.4 is 5.73 Å². The van der Waals surface area contributed by atoms with Crippen molar-refractivity contribution in [2.45, 2.75) is 19.8 Å². The predicted octanol–water partition coefficient (Wildman–Crippen LogP) is 1.80. The topological polar surface area (TPSA) is 78.6 Å². The van der Waals surface area contributed by atoms with E-state index in [9.17, 15) is 0 Å². The first kappa shape index (κ1) is 9.71. The Bertz CT molecular complexity index is 498. The standard InChI is InChI=1S/C11H14N4/c1-2-3-10-14-8-5-4-7(11(12)13)6-9(8)15-10/h4-6H,2-3H2,1H3,(H3,12,13)(H,14,15). The Hall–Kier alpha value is -1.84. The first-order chi connectivity index (χ1) is 7.20. The van der Waals surface area contributed by atoms with Gasteiger partial charge in [0.1, 0.15) is 11.7 Å². The van der Waals surface area contributed by atoms with E-state index in [1.165, 1.54) is 0 Å². The van der Waals surface area contributed by atoms with Crippen LogP contribution in [0.4, 0.5) is 0 Å².